The molecule has 2 atom stereocenters. The van der Waals surface area contributed by atoms with Crippen LogP contribution in [0.1, 0.15) is 23.2 Å². The number of aliphatic carboxylic acids is 1. The molecule has 1 amide bonds. The van der Waals surface area contributed by atoms with Crippen LogP contribution in [0.3, 0.4) is 0 Å². The molecule has 1 fully saturated rings. The molecule has 2 rings (SSSR count). The molecule has 1 aromatic carbocycles. The number of benzene rings is 1. The fourth-order valence-corrected chi connectivity index (χ4v) is 2.31. The van der Waals surface area contributed by atoms with Crippen LogP contribution in [0.2, 0.25) is 0 Å². The van der Waals surface area contributed by atoms with Gasteiger partial charge in [-0.3, -0.25) is 4.90 Å². The van der Waals surface area contributed by atoms with E-state index in [-0.39, 0.29) is 17.0 Å². The van der Waals surface area contributed by atoms with Gasteiger partial charge in [0.15, 0.2) is 11.8 Å². The highest BCUT2D eigenvalue weighted by Gasteiger charge is 2.40. The number of phenols is 1. The number of anilines is 1. The van der Waals surface area contributed by atoms with Gasteiger partial charge in [-0.25, -0.2) is 9.59 Å². The van der Waals surface area contributed by atoms with E-state index >= 15 is 0 Å². The van der Waals surface area contributed by atoms with E-state index < -0.39 is 17.9 Å². The lowest BCUT2D eigenvalue weighted by molar-refractivity contribution is -0.818. The summed E-state index contributed by atoms with van der Waals surface area (Å²) < 4.78 is 0. The first-order valence-corrected chi connectivity index (χ1v) is 5.73. The van der Waals surface area contributed by atoms with Gasteiger partial charge in [0, 0.05) is 12.8 Å². The fraction of sp³-hybridized carbons (Fsp3) is 0.333. The summed E-state index contributed by atoms with van der Waals surface area (Å²) in [7, 11) is 0. The van der Waals surface area contributed by atoms with Crippen molar-refractivity contribution in [3.63, 3.8) is 0 Å². The van der Waals surface area contributed by atoms with Gasteiger partial charge in [-0.05, 0) is 12.1 Å². The Hall–Kier alpha value is -2.08. The molecule has 96 valence electrons. The lowest BCUT2D eigenvalue weighted by Crippen LogP contribution is -3.17. The van der Waals surface area contributed by atoms with Crippen LogP contribution in [-0.4, -0.2) is 34.7 Å². The van der Waals surface area contributed by atoms with Gasteiger partial charge in [0.25, 0.3) is 0 Å². The molecule has 1 aromatic rings. The average Bonchev–Trinajstić information content (AvgIpc) is 2.81. The largest absolute Gasteiger partial charge is 0.505 e. The van der Waals surface area contributed by atoms with Crippen LogP contribution in [-0.2, 0) is 4.79 Å². The molecule has 0 aliphatic carbocycles. The number of para-hydroxylation sites is 1. The molecule has 0 saturated carbocycles. The van der Waals surface area contributed by atoms with Crippen molar-refractivity contribution in [2.24, 2.45) is 0 Å². The third-order valence-electron chi connectivity index (χ3n) is 3.26. The number of amides is 1. The lowest BCUT2D eigenvalue weighted by Gasteiger charge is -2.16. The number of hydrogen-bond donors (Lipinski definition) is 4. The summed E-state index contributed by atoms with van der Waals surface area (Å²) in [6, 6.07) is 3.77. The molecule has 5 N–H and O–H groups in total. The maximum Gasteiger partial charge on any atom is 0.363 e. The number of carbonyl (C=O) groups is 2. The monoisotopic (exact) mass is 251 g/mol. The van der Waals surface area contributed by atoms with E-state index in [9.17, 15) is 14.7 Å². The van der Waals surface area contributed by atoms with E-state index in [1.54, 1.807) is 6.07 Å². The minimum atomic E-state index is -0.987. The number of nitrogens with two attached hydrogens (primary N) is 1. The van der Waals surface area contributed by atoms with Crippen LogP contribution in [0.25, 0.3) is 0 Å². The van der Waals surface area contributed by atoms with Gasteiger partial charge in [0.1, 0.15) is 5.56 Å². The smallest absolute Gasteiger partial charge is 0.363 e. The SMILES string of the molecule is Nc1cccc(C(=O)[NH+]2CCCC2C(=O)O)c1O. The zero-order valence-corrected chi connectivity index (χ0v) is 9.72. The Kier molecular flexibility index (Phi) is 3.20. The molecular formula is C12H15N2O4+. The van der Waals surface area contributed by atoms with Crippen LogP contribution in [0.4, 0.5) is 5.69 Å². The normalized spacial score (nSPS) is 22.9. The summed E-state index contributed by atoms with van der Waals surface area (Å²) >= 11 is 0. The Morgan fingerprint density at radius 2 is 2.11 bits per heavy atom. The Labute approximate surface area is 104 Å². The average molecular weight is 251 g/mol. The number of carboxylic acid groups (broad SMARTS) is 1. The molecule has 0 spiro atoms. The van der Waals surface area contributed by atoms with E-state index in [0.29, 0.717) is 24.3 Å². The summed E-state index contributed by atoms with van der Waals surface area (Å²) in [5, 5.41) is 18.8. The standard InChI is InChI=1S/C12H14N2O4/c13-8-4-1-3-7(10(8)15)11(16)14-6-2-5-9(14)12(17)18/h1,3-4,9,15H,2,5-6,13H2,(H,17,18)/p+1. The molecule has 6 nitrogen and oxygen atoms in total. The van der Waals surface area contributed by atoms with Gasteiger partial charge >= 0.3 is 11.9 Å². The maximum absolute atomic E-state index is 12.2. The number of nitrogen functional groups attached to an aromatic ring is 1. The van der Waals surface area contributed by atoms with Crippen molar-refractivity contribution in [2.75, 3.05) is 12.3 Å². The number of hydrogen-bond acceptors (Lipinski definition) is 4. The van der Waals surface area contributed by atoms with Gasteiger partial charge in [-0.15, -0.1) is 0 Å². The molecule has 2 unspecified atom stereocenters. The van der Waals surface area contributed by atoms with Crippen LogP contribution in [0.15, 0.2) is 18.2 Å². The van der Waals surface area contributed by atoms with Gasteiger partial charge in [-0.1, -0.05) is 6.07 Å². The first-order chi connectivity index (χ1) is 8.52. The van der Waals surface area contributed by atoms with Crippen LogP contribution in [0.5, 0.6) is 5.75 Å². The number of likely N-dealkylation sites (tertiary alicyclic amines) is 1. The van der Waals surface area contributed by atoms with Gasteiger partial charge in [-0.2, -0.15) is 0 Å². The second-order valence-electron chi connectivity index (χ2n) is 4.38. The molecule has 6 heteroatoms. The second kappa shape index (κ2) is 4.66. The molecular weight excluding hydrogens is 236 g/mol. The highest BCUT2D eigenvalue weighted by molar-refractivity contribution is 5.93. The molecule has 0 radical (unpaired) electrons. The molecule has 0 aromatic heterocycles. The van der Waals surface area contributed by atoms with E-state index in [1.165, 1.54) is 12.1 Å². The Bertz CT molecular complexity index is 501. The van der Waals surface area contributed by atoms with Crippen LogP contribution in [0, 0.1) is 0 Å². The minimum Gasteiger partial charge on any atom is -0.505 e. The van der Waals surface area contributed by atoms with E-state index in [1.807, 2.05) is 0 Å². The summed E-state index contributed by atoms with van der Waals surface area (Å²) in [6.07, 6.45) is 1.15. The van der Waals surface area contributed by atoms with E-state index in [4.69, 9.17) is 10.8 Å². The van der Waals surface area contributed by atoms with Crippen molar-refractivity contribution < 1.29 is 24.7 Å². The zero-order chi connectivity index (χ0) is 13.3. The zero-order valence-electron chi connectivity index (χ0n) is 9.72. The summed E-state index contributed by atoms with van der Waals surface area (Å²) in [5.41, 5.74) is 5.72. The van der Waals surface area contributed by atoms with Crippen LogP contribution >= 0.6 is 0 Å². The molecule has 1 heterocycles. The molecule has 1 aliphatic heterocycles. The number of carboxylic acids is 1. The first-order valence-electron chi connectivity index (χ1n) is 5.73. The minimum absolute atomic E-state index is 0.0816. The van der Waals surface area contributed by atoms with Crippen molar-refractivity contribution in [3.8, 4) is 5.75 Å². The van der Waals surface area contributed by atoms with Crippen molar-refractivity contribution >= 4 is 17.6 Å². The van der Waals surface area contributed by atoms with Crippen molar-refractivity contribution in [1.29, 1.82) is 0 Å². The van der Waals surface area contributed by atoms with Gasteiger partial charge < -0.3 is 15.9 Å². The van der Waals surface area contributed by atoms with E-state index in [0.717, 1.165) is 0 Å². The Morgan fingerprint density at radius 3 is 2.78 bits per heavy atom. The number of quaternary nitrogens is 1. The molecule has 0 bridgehead atoms. The molecule has 1 aliphatic rings. The quantitative estimate of drug-likeness (QED) is 0.409. The summed E-state index contributed by atoms with van der Waals surface area (Å²) in [5.74, 6) is -1.67. The molecule has 18 heavy (non-hydrogen) atoms. The topological polar surface area (TPSA) is 105 Å². The predicted molar refractivity (Wildman–Crippen MR) is 63.3 cm³/mol. The fourth-order valence-electron chi connectivity index (χ4n) is 2.31. The Balaban J connectivity index is 2.31. The second-order valence-corrected chi connectivity index (χ2v) is 4.38. The number of aromatic hydroxyl groups is 1. The number of rotatable bonds is 2. The number of phenolic OH excluding ortho intramolecular Hbond substituents is 1. The number of nitrogens with one attached hydrogen (secondary N) is 1. The maximum atomic E-state index is 12.2. The first kappa shape index (κ1) is 12.4. The van der Waals surface area contributed by atoms with Crippen molar-refractivity contribution in [2.45, 2.75) is 18.9 Å². The summed E-state index contributed by atoms with van der Waals surface area (Å²) in [4.78, 5) is 23.6. The highest BCUT2D eigenvalue weighted by atomic mass is 16.4. The van der Waals surface area contributed by atoms with Crippen molar-refractivity contribution in [1.82, 2.24) is 0 Å². The predicted octanol–water partition coefficient (Wildman–Crippen LogP) is -0.753. The van der Waals surface area contributed by atoms with Gasteiger partial charge in [0.2, 0.25) is 0 Å². The third-order valence-corrected chi connectivity index (χ3v) is 3.26. The lowest BCUT2D eigenvalue weighted by atomic mass is 10.1. The molecule has 1 saturated heterocycles. The summed E-state index contributed by atoms with van der Waals surface area (Å²) in [6.45, 7) is 0.462. The van der Waals surface area contributed by atoms with Gasteiger partial charge in [0.05, 0.1) is 12.2 Å². The van der Waals surface area contributed by atoms with E-state index in [2.05, 4.69) is 0 Å². The highest BCUT2D eigenvalue weighted by Crippen LogP contribution is 2.23. The number of carbonyl (C=O) groups excluding carboxylic acids is 1. The van der Waals surface area contributed by atoms with Crippen LogP contribution < -0.4 is 10.6 Å². The Morgan fingerprint density at radius 1 is 1.39 bits per heavy atom. The van der Waals surface area contributed by atoms with Crippen molar-refractivity contribution in [3.05, 3.63) is 23.8 Å². The third kappa shape index (κ3) is 2.02.